The molecule has 2 amide bonds. The molecule has 6 aliphatic heterocycles. The van der Waals surface area contributed by atoms with Gasteiger partial charge in [-0.05, 0) is 56.6 Å². The predicted molar refractivity (Wildman–Crippen MR) is 280 cm³/mol. The van der Waals surface area contributed by atoms with Gasteiger partial charge in [0.25, 0.3) is 11.7 Å². The number of ether oxygens (including phenoxy) is 3. The Hall–Kier alpha value is -6.14. The lowest BCUT2D eigenvalue weighted by Gasteiger charge is -2.38. The van der Waals surface area contributed by atoms with Crippen LogP contribution in [0.5, 0.6) is 11.5 Å². The molecule has 17 nitrogen and oxygen atoms in total. The highest BCUT2D eigenvalue weighted by atomic mass is 16.7. The first-order valence-corrected chi connectivity index (χ1v) is 26.6. The second-order valence-electron chi connectivity index (χ2n) is 22.5. The number of benzene rings is 2. The summed E-state index contributed by atoms with van der Waals surface area (Å²) in [6.07, 6.45) is 6.40. The highest BCUT2D eigenvalue weighted by Gasteiger charge is 2.54. The smallest absolute Gasteiger partial charge is 0.315 e. The molecule has 1 spiro atoms. The molecule has 0 radical (unpaired) electrons. The van der Waals surface area contributed by atoms with E-state index in [4.69, 9.17) is 19.2 Å². The molecule has 2 aromatic carbocycles. The molecular formula is C58H75N5O12. The van der Waals surface area contributed by atoms with Gasteiger partial charge in [0, 0.05) is 93.4 Å². The van der Waals surface area contributed by atoms with Crippen LogP contribution in [0.3, 0.4) is 0 Å². The van der Waals surface area contributed by atoms with E-state index >= 15 is 0 Å². The van der Waals surface area contributed by atoms with Crippen molar-refractivity contribution >= 4 is 35.1 Å². The fourth-order valence-electron chi connectivity index (χ4n) is 11.6. The molecule has 2 fully saturated rings. The summed E-state index contributed by atoms with van der Waals surface area (Å²) >= 11 is 0. The molecule has 7 aliphatic rings. The number of nitrogens with one attached hydrogen (secondary N) is 2. The zero-order chi connectivity index (χ0) is 54.3. The molecule has 0 saturated carbocycles. The topological polar surface area (TPSA) is 237 Å². The number of aliphatic hydroxyl groups is 3. The van der Waals surface area contributed by atoms with Crippen molar-refractivity contribution in [1.82, 2.24) is 20.4 Å². The number of likely N-dealkylation sites (tertiary alicyclic amines) is 2. The van der Waals surface area contributed by atoms with Crippen LogP contribution in [0.15, 0.2) is 82.9 Å². The van der Waals surface area contributed by atoms with Gasteiger partial charge in [-0.1, -0.05) is 90.1 Å². The molecular weight excluding hydrogens is 959 g/mol. The summed E-state index contributed by atoms with van der Waals surface area (Å²) in [5.41, 5.74) is -0.300. The number of aromatic hydroxyl groups is 1. The Morgan fingerprint density at radius 3 is 2.25 bits per heavy atom. The Kier molecular flexibility index (Phi) is 16.0. The Balaban J connectivity index is 1.08. The van der Waals surface area contributed by atoms with E-state index in [1.807, 2.05) is 37.3 Å². The Morgan fingerprint density at radius 2 is 1.59 bits per heavy atom. The maximum absolute atomic E-state index is 14.9. The summed E-state index contributed by atoms with van der Waals surface area (Å²) in [6, 6.07) is 9.65. The molecule has 8 atom stereocenters. The zero-order valence-electron chi connectivity index (χ0n) is 44.8. The van der Waals surface area contributed by atoms with Gasteiger partial charge in [0.2, 0.25) is 11.7 Å². The monoisotopic (exact) mass is 1030 g/mol. The second kappa shape index (κ2) is 21.8. The van der Waals surface area contributed by atoms with Crippen LogP contribution in [-0.4, -0.2) is 133 Å². The summed E-state index contributed by atoms with van der Waals surface area (Å²) in [5.74, 6) is -7.70. The highest BCUT2D eigenvalue weighted by Crippen LogP contribution is 2.50. The number of hydrogen-bond donors (Lipinski definition) is 6. The Bertz CT molecular complexity index is 2730. The van der Waals surface area contributed by atoms with Gasteiger partial charge in [0.05, 0.1) is 46.6 Å². The van der Waals surface area contributed by atoms with E-state index in [1.165, 1.54) is 20.1 Å². The largest absolute Gasteiger partial charge is 0.507 e. The third-order valence-electron chi connectivity index (χ3n) is 16.2. The first kappa shape index (κ1) is 55.1. The van der Waals surface area contributed by atoms with Gasteiger partial charge in [-0.2, -0.15) is 0 Å². The molecule has 6 N–H and O–H groups in total. The number of allylic oxidation sites excluding steroid dienone is 5. The molecule has 0 unspecified atom stereocenters. The number of phenols is 1. The lowest BCUT2D eigenvalue weighted by molar-refractivity contribution is -0.163. The number of esters is 1. The molecule has 0 aromatic heterocycles. The number of ketones is 2. The van der Waals surface area contributed by atoms with Crippen LogP contribution in [0, 0.1) is 36.5 Å². The van der Waals surface area contributed by atoms with Gasteiger partial charge < -0.3 is 55.1 Å². The van der Waals surface area contributed by atoms with Crippen LogP contribution in [0.1, 0.15) is 131 Å². The normalized spacial score (nSPS) is 30.6. The van der Waals surface area contributed by atoms with Gasteiger partial charge in [0.15, 0.2) is 0 Å². The molecule has 6 heterocycles. The summed E-state index contributed by atoms with van der Waals surface area (Å²) in [7, 11) is 0. The summed E-state index contributed by atoms with van der Waals surface area (Å²) in [6.45, 7) is 18.7. The van der Waals surface area contributed by atoms with Crippen molar-refractivity contribution in [3.63, 3.8) is 0 Å². The lowest BCUT2D eigenvalue weighted by Crippen LogP contribution is -2.50. The van der Waals surface area contributed by atoms with Crippen LogP contribution in [0.2, 0.25) is 0 Å². The summed E-state index contributed by atoms with van der Waals surface area (Å²) < 4.78 is 18.6. The first-order chi connectivity index (χ1) is 35.4. The maximum atomic E-state index is 14.9. The number of carbonyl (C=O) groups is 5. The van der Waals surface area contributed by atoms with Crippen LogP contribution in [0.25, 0.3) is 0 Å². The van der Waals surface area contributed by atoms with Gasteiger partial charge >= 0.3 is 11.8 Å². The number of rotatable bonds is 7. The Labute approximate surface area is 439 Å². The van der Waals surface area contributed by atoms with Crippen molar-refractivity contribution < 1.29 is 58.6 Å². The molecule has 404 valence electrons. The third kappa shape index (κ3) is 11.2. The van der Waals surface area contributed by atoms with E-state index in [0.29, 0.717) is 51.1 Å². The quantitative estimate of drug-likeness (QED) is 0.139. The second-order valence-corrected chi connectivity index (χ2v) is 22.5. The fourth-order valence-corrected chi connectivity index (χ4v) is 11.6. The van der Waals surface area contributed by atoms with Crippen molar-refractivity contribution in [3.05, 3.63) is 106 Å². The number of nitrogens with zero attached hydrogens (tertiary/aromatic N) is 3. The van der Waals surface area contributed by atoms with Crippen LogP contribution in [-0.2, 0) is 30.3 Å². The van der Waals surface area contributed by atoms with Crippen molar-refractivity contribution in [2.24, 2.45) is 34.6 Å². The summed E-state index contributed by atoms with van der Waals surface area (Å²) in [4.78, 5) is 80.2. The number of carbonyl (C=O) groups excluding carboxylic acids is 5. The number of amides is 2. The van der Waals surface area contributed by atoms with E-state index in [-0.39, 0.29) is 70.2 Å². The lowest BCUT2D eigenvalue weighted by atomic mass is 9.79. The average molecular weight is 1030 g/mol. The number of fused-ring (bicyclic) bond motifs is 13. The van der Waals surface area contributed by atoms with E-state index in [1.54, 1.807) is 56.9 Å². The van der Waals surface area contributed by atoms with Gasteiger partial charge in [-0.3, -0.25) is 29.0 Å². The van der Waals surface area contributed by atoms with Gasteiger partial charge in [-0.25, -0.2) is 0 Å². The fraction of sp³-hybridized carbons (Fsp3) is 0.552. The van der Waals surface area contributed by atoms with Gasteiger partial charge in [-0.15, -0.1) is 0 Å². The predicted octanol–water partition coefficient (Wildman–Crippen LogP) is 5.96. The molecule has 2 saturated heterocycles. The standard InChI is InChI=1S/C58H75N5O12/c1-32(2)31-62-24-22-58(23-25-62)60-45-42-43-50(68)38(8)53-44(42)54(70)56(9,75-53)73-28-14-17-34(4)52(74-41(65)29-40(64)63-26-20-57(72,21-27-63)30-39-18-11-10-12-19-39)37(7)49(67)36(6)48(66)33(3)15-13-16-35(5)55(71)59-47(51(43)69)46(45)61-58/h10-16,18-19,28,32-34,36-37,48-49,52,61,66-68,72H,17,20-27,29-31H2,1-9H3,(H,59,71)/b15-13+,28-14+,35-16-/t33-,34+,36+,37+,48-,49+,52+,56-/m0/s1. The molecule has 9 rings (SSSR count). The average Bonchev–Trinajstić information content (AvgIpc) is 3.89. The third-order valence-corrected chi connectivity index (χ3v) is 16.2. The molecule has 2 aromatic rings. The number of aliphatic hydroxyl groups excluding tert-OH is 2. The van der Waals surface area contributed by atoms with Crippen LogP contribution < -0.4 is 15.4 Å². The number of hydrogen-bond acceptors (Lipinski definition) is 15. The van der Waals surface area contributed by atoms with E-state index in [2.05, 4.69) is 29.4 Å². The minimum atomic E-state index is -1.98. The van der Waals surface area contributed by atoms with Crippen molar-refractivity contribution in [2.45, 2.75) is 143 Å². The van der Waals surface area contributed by atoms with Crippen LogP contribution in [0.4, 0.5) is 0 Å². The summed E-state index contributed by atoms with van der Waals surface area (Å²) in [5, 5.41) is 53.1. The Morgan fingerprint density at radius 1 is 0.907 bits per heavy atom. The zero-order valence-corrected chi connectivity index (χ0v) is 44.8. The van der Waals surface area contributed by atoms with Crippen LogP contribution >= 0.6 is 0 Å². The minimum Gasteiger partial charge on any atom is -0.507 e. The number of aliphatic imine (C=N–C) groups is 1. The maximum Gasteiger partial charge on any atom is 0.315 e. The van der Waals surface area contributed by atoms with E-state index in [0.717, 1.165) is 12.1 Å². The van der Waals surface area contributed by atoms with Crippen molar-refractivity contribution in [3.8, 4) is 11.5 Å². The van der Waals surface area contributed by atoms with E-state index in [9.17, 15) is 44.4 Å². The minimum absolute atomic E-state index is 0.00786. The van der Waals surface area contributed by atoms with E-state index < -0.39 is 101 Å². The molecule has 1 aliphatic carbocycles. The molecule has 5 bridgehead atoms. The number of phenolic OH excluding ortho intramolecular Hbond substituents is 1. The SMILES string of the molecule is C/C1=C/C=C/[C@H](C)[C@H](O)[C@@H](C)[C@@H](O)[C@@H](C)[C@H](OC(=O)CC(=O)N2CCC(O)(Cc3ccccc3)CC2)[C@H](C)C/C=C/O[C@@]2(C)Oc3c(C)c(O)c4c(c3C2=O)C2=NC3(CCN(CC(C)C)CC3)NC2=C(NC1=O)C4=O. The van der Waals surface area contributed by atoms with Gasteiger partial charge in [0.1, 0.15) is 35.4 Å². The number of piperidine rings is 2. The first-order valence-electron chi connectivity index (χ1n) is 26.6. The molecule has 17 heteroatoms. The highest BCUT2D eigenvalue weighted by molar-refractivity contribution is 6.34. The van der Waals surface area contributed by atoms with Crippen molar-refractivity contribution in [2.75, 3.05) is 32.7 Å². The molecule has 75 heavy (non-hydrogen) atoms. The number of Topliss-reactive ketones (excluding diaryl/α,β-unsaturated/α-hetero) is 2. The van der Waals surface area contributed by atoms with Crippen molar-refractivity contribution in [1.29, 1.82) is 0 Å².